The van der Waals surface area contributed by atoms with E-state index in [-0.39, 0.29) is 6.54 Å². The zero-order chi connectivity index (χ0) is 10.6. The highest BCUT2D eigenvalue weighted by Gasteiger charge is 2.17. The van der Waals surface area contributed by atoms with Crippen LogP contribution in [0.3, 0.4) is 0 Å². The van der Waals surface area contributed by atoms with Crippen LogP contribution in [-0.4, -0.2) is 10.2 Å². The van der Waals surface area contributed by atoms with Gasteiger partial charge in [0.15, 0.2) is 0 Å². The summed E-state index contributed by atoms with van der Waals surface area (Å²) in [5.74, 6) is 0. The lowest BCUT2D eigenvalue weighted by atomic mass is 10.3. The molecule has 0 saturated heterocycles. The van der Waals surface area contributed by atoms with E-state index in [1.807, 2.05) is 12.4 Å². The van der Waals surface area contributed by atoms with Crippen molar-refractivity contribution in [1.29, 1.82) is 0 Å². The van der Waals surface area contributed by atoms with Gasteiger partial charge in [-0.05, 0) is 34.6 Å². The number of nitrogens with one attached hydrogen (secondary N) is 1. The Balaban J connectivity index is 3.05. The molecule has 0 fully saturated rings. The standard InChI is InChI=1S/C8H12Cl2N3O/c1-2-3-13-5-11-7(9)6(4-12-14)8(13)10/h5,12,14H,2-4H2,1H3/q+1. The van der Waals surface area contributed by atoms with E-state index in [1.165, 1.54) is 0 Å². The first-order valence-corrected chi connectivity index (χ1v) is 5.05. The molecule has 0 bridgehead atoms. The highest BCUT2D eigenvalue weighted by molar-refractivity contribution is 6.33. The second-order valence-corrected chi connectivity index (χ2v) is 3.55. The topological polar surface area (TPSA) is 49.0 Å². The van der Waals surface area contributed by atoms with Crippen LogP contribution >= 0.6 is 23.2 Å². The molecule has 2 N–H and O–H groups in total. The minimum absolute atomic E-state index is 0.190. The van der Waals surface area contributed by atoms with Crippen molar-refractivity contribution in [3.05, 3.63) is 22.2 Å². The van der Waals surface area contributed by atoms with Crippen molar-refractivity contribution in [2.45, 2.75) is 26.4 Å². The van der Waals surface area contributed by atoms with Crippen molar-refractivity contribution in [3.8, 4) is 0 Å². The first-order valence-electron chi connectivity index (χ1n) is 4.30. The average Bonchev–Trinajstić information content (AvgIpc) is 2.17. The van der Waals surface area contributed by atoms with Crippen molar-refractivity contribution in [1.82, 2.24) is 10.5 Å². The summed E-state index contributed by atoms with van der Waals surface area (Å²) in [4.78, 5) is 3.97. The molecule has 1 aromatic rings. The molecule has 0 atom stereocenters. The Morgan fingerprint density at radius 1 is 1.57 bits per heavy atom. The van der Waals surface area contributed by atoms with Gasteiger partial charge in [0.25, 0.3) is 11.5 Å². The van der Waals surface area contributed by atoms with Crippen LogP contribution in [0.15, 0.2) is 6.33 Å². The summed E-state index contributed by atoms with van der Waals surface area (Å²) < 4.78 is 1.79. The molecular weight excluding hydrogens is 225 g/mol. The molecule has 0 amide bonds. The lowest BCUT2D eigenvalue weighted by molar-refractivity contribution is -0.698. The Labute approximate surface area is 92.4 Å². The van der Waals surface area contributed by atoms with Crippen LogP contribution in [0.2, 0.25) is 10.3 Å². The third-order valence-corrected chi connectivity index (χ3v) is 2.55. The predicted octanol–water partition coefficient (Wildman–Crippen LogP) is 1.56. The van der Waals surface area contributed by atoms with Crippen LogP contribution in [0.5, 0.6) is 0 Å². The highest BCUT2D eigenvalue weighted by atomic mass is 35.5. The maximum Gasteiger partial charge on any atom is 0.289 e. The summed E-state index contributed by atoms with van der Waals surface area (Å²) in [5.41, 5.74) is 2.62. The molecule has 0 spiro atoms. The number of hydrogen-bond donors (Lipinski definition) is 2. The van der Waals surface area contributed by atoms with Crippen molar-refractivity contribution >= 4 is 23.2 Å². The molecule has 6 heteroatoms. The Hall–Kier alpha value is -0.420. The maximum atomic E-state index is 8.59. The number of hydrogen-bond acceptors (Lipinski definition) is 3. The number of hydroxylamine groups is 1. The molecule has 0 unspecified atom stereocenters. The monoisotopic (exact) mass is 236 g/mol. The molecule has 0 aromatic carbocycles. The summed E-state index contributed by atoms with van der Waals surface area (Å²) in [6.07, 6.45) is 2.55. The van der Waals surface area contributed by atoms with E-state index in [0.29, 0.717) is 15.9 Å². The molecule has 0 aliphatic carbocycles. The van der Waals surface area contributed by atoms with Crippen LogP contribution < -0.4 is 10.0 Å². The SMILES string of the molecule is CCC[n+]1cnc(Cl)c(CNO)c1Cl. The predicted molar refractivity (Wildman–Crippen MR) is 53.4 cm³/mol. The molecule has 78 valence electrons. The third-order valence-electron chi connectivity index (χ3n) is 1.78. The smallest absolute Gasteiger partial charge is 0.289 e. The van der Waals surface area contributed by atoms with Gasteiger partial charge in [0.05, 0.1) is 18.7 Å². The highest BCUT2D eigenvalue weighted by Crippen LogP contribution is 2.18. The van der Waals surface area contributed by atoms with Gasteiger partial charge >= 0.3 is 0 Å². The van der Waals surface area contributed by atoms with Crippen molar-refractivity contribution in [2.24, 2.45) is 0 Å². The van der Waals surface area contributed by atoms with E-state index >= 15 is 0 Å². The van der Waals surface area contributed by atoms with Crippen LogP contribution in [0, 0.1) is 0 Å². The minimum Gasteiger partial charge on any atom is -0.316 e. The van der Waals surface area contributed by atoms with E-state index < -0.39 is 0 Å². The second-order valence-electron chi connectivity index (χ2n) is 2.83. The molecule has 0 saturated carbocycles. The van der Waals surface area contributed by atoms with Crippen molar-refractivity contribution < 1.29 is 9.77 Å². The number of rotatable bonds is 4. The fourth-order valence-electron chi connectivity index (χ4n) is 1.13. The van der Waals surface area contributed by atoms with Crippen molar-refractivity contribution in [2.75, 3.05) is 0 Å². The number of halogens is 2. The van der Waals surface area contributed by atoms with Gasteiger partial charge in [-0.15, -0.1) is 0 Å². The fourth-order valence-corrected chi connectivity index (χ4v) is 1.66. The van der Waals surface area contributed by atoms with Crippen LogP contribution in [0.25, 0.3) is 0 Å². The van der Waals surface area contributed by atoms with E-state index in [1.54, 1.807) is 10.9 Å². The summed E-state index contributed by atoms with van der Waals surface area (Å²) in [7, 11) is 0. The van der Waals surface area contributed by atoms with Gasteiger partial charge in [0, 0.05) is 0 Å². The lowest BCUT2D eigenvalue weighted by Gasteiger charge is -2.04. The zero-order valence-electron chi connectivity index (χ0n) is 7.80. The molecule has 0 radical (unpaired) electrons. The summed E-state index contributed by atoms with van der Waals surface area (Å²) in [6, 6.07) is 0. The van der Waals surface area contributed by atoms with Gasteiger partial charge in [0.2, 0.25) is 5.15 Å². The first kappa shape index (κ1) is 11.7. The first-order chi connectivity index (χ1) is 6.70. The largest absolute Gasteiger partial charge is 0.316 e. The normalized spacial score (nSPS) is 10.6. The lowest BCUT2D eigenvalue weighted by Crippen LogP contribution is -2.36. The van der Waals surface area contributed by atoms with Crippen LogP contribution in [0.1, 0.15) is 18.9 Å². The molecule has 14 heavy (non-hydrogen) atoms. The molecule has 1 heterocycles. The zero-order valence-corrected chi connectivity index (χ0v) is 9.31. The summed E-state index contributed by atoms with van der Waals surface area (Å²) in [5, 5.41) is 9.40. The number of aryl methyl sites for hydroxylation is 1. The quantitative estimate of drug-likeness (QED) is 0.474. The Bertz CT molecular complexity index is 320. The van der Waals surface area contributed by atoms with E-state index in [0.717, 1.165) is 13.0 Å². The molecule has 1 rings (SSSR count). The molecule has 4 nitrogen and oxygen atoms in total. The van der Waals surface area contributed by atoms with E-state index in [9.17, 15) is 0 Å². The van der Waals surface area contributed by atoms with Crippen LogP contribution in [-0.2, 0) is 13.1 Å². The van der Waals surface area contributed by atoms with Gasteiger partial charge in [-0.25, -0.2) is 10.0 Å². The molecule has 0 aliphatic rings. The number of aromatic nitrogens is 2. The number of nitrogens with zero attached hydrogens (tertiary/aromatic N) is 2. The Morgan fingerprint density at radius 3 is 2.86 bits per heavy atom. The van der Waals surface area contributed by atoms with Gasteiger partial charge in [-0.1, -0.05) is 6.92 Å². The van der Waals surface area contributed by atoms with Crippen LogP contribution in [0.4, 0.5) is 0 Å². The molecule has 1 aromatic heterocycles. The maximum absolute atomic E-state index is 8.59. The van der Waals surface area contributed by atoms with Gasteiger partial charge in [0.1, 0.15) is 0 Å². The minimum atomic E-state index is 0.190. The molecule has 0 aliphatic heterocycles. The Morgan fingerprint density at radius 2 is 2.29 bits per heavy atom. The van der Waals surface area contributed by atoms with Gasteiger partial charge in [-0.3, -0.25) is 0 Å². The second kappa shape index (κ2) is 5.46. The third kappa shape index (κ3) is 2.54. The van der Waals surface area contributed by atoms with Crippen molar-refractivity contribution in [3.63, 3.8) is 0 Å². The van der Waals surface area contributed by atoms with E-state index in [2.05, 4.69) is 4.98 Å². The summed E-state index contributed by atoms with van der Waals surface area (Å²) >= 11 is 11.9. The summed E-state index contributed by atoms with van der Waals surface area (Å²) in [6.45, 7) is 3.01. The average molecular weight is 237 g/mol. The van der Waals surface area contributed by atoms with Gasteiger partial charge in [-0.2, -0.15) is 0 Å². The van der Waals surface area contributed by atoms with Gasteiger partial charge < -0.3 is 5.21 Å². The Kier molecular flexibility index (Phi) is 4.54. The molecular formula is C8H12Cl2N3O+. The fraction of sp³-hybridized carbons (Fsp3) is 0.500. The van der Waals surface area contributed by atoms with E-state index in [4.69, 9.17) is 28.4 Å².